The van der Waals surface area contributed by atoms with E-state index in [1.54, 1.807) is 50.5 Å². The third-order valence-electron chi connectivity index (χ3n) is 5.10. The Morgan fingerprint density at radius 2 is 1.75 bits per heavy atom. The summed E-state index contributed by atoms with van der Waals surface area (Å²) in [4.78, 5) is 25.1. The van der Waals surface area contributed by atoms with E-state index in [1.807, 2.05) is 48.5 Å². The van der Waals surface area contributed by atoms with Crippen molar-refractivity contribution in [2.24, 2.45) is 0 Å². The summed E-state index contributed by atoms with van der Waals surface area (Å²) in [5.74, 6) is 1.15. The lowest BCUT2D eigenvalue weighted by Crippen LogP contribution is -2.12. The van der Waals surface area contributed by atoms with Crippen LogP contribution in [-0.2, 0) is 11.2 Å². The van der Waals surface area contributed by atoms with E-state index >= 15 is 0 Å². The molecular formula is C27H22O5. The number of hydrogen-bond donors (Lipinski definition) is 0. The number of hydrogen-bond acceptors (Lipinski definition) is 5. The van der Waals surface area contributed by atoms with Crippen molar-refractivity contribution < 1.29 is 23.8 Å². The van der Waals surface area contributed by atoms with Gasteiger partial charge >= 0.3 is 5.97 Å². The molecule has 3 aromatic rings. The summed E-state index contributed by atoms with van der Waals surface area (Å²) in [6.07, 6.45) is 5.44. The Balaban J connectivity index is 1.46. The molecule has 4 rings (SSSR count). The summed E-state index contributed by atoms with van der Waals surface area (Å²) < 4.78 is 16.5. The number of ether oxygens (including phenoxy) is 3. The highest BCUT2D eigenvalue weighted by Crippen LogP contribution is 2.39. The quantitative estimate of drug-likeness (QED) is 0.303. The van der Waals surface area contributed by atoms with Crippen molar-refractivity contribution in [2.75, 3.05) is 7.11 Å². The number of Topliss-reactive ketones (excluding diaryl/α,β-unsaturated/α-hetero) is 1. The van der Waals surface area contributed by atoms with Crippen LogP contribution in [0.1, 0.15) is 27.0 Å². The molecule has 0 radical (unpaired) electrons. The second kappa shape index (κ2) is 9.35. The van der Waals surface area contributed by atoms with Gasteiger partial charge in [0.05, 0.1) is 19.1 Å². The van der Waals surface area contributed by atoms with Crippen molar-refractivity contribution in [1.29, 1.82) is 0 Å². The van der Waals surface area contributed by atoms with Crippen LogP contribution in [0.15, 0.2) is 84.6 Å². The number of benzene rings is 3. The van der Waals surface area contributed by atoms with Crippen LogP contribution in [0, 0.1) is 6.92 Å². The van der Waals surface area contributed by atoms with Crippen molar-refractivity contribution in [3.8, 4) is 17.2 Å². The summed E-state index contributed by atoms with van der Waals surface area (Å²) in [6.45, 7) is 1.77. The molecule has 5 nitrogen and oxygen atoms in total. The van der Waals surface area contributed by atoms with Crippen molar-refractivity contribution in [2.45, 2.75) is 13.3 Å². The van der Waals surface area contributed by atoms with Gasteiger partial charge in [-0.25, -0.2) is 0 Å². The molecule has 0 fully saturated rings. The Morgan fingerprint density at radius 3 is 2.47 bits per heavy atom. The number of rotatable bonds is 6. The maximum atomic E-state index is 12.7. The van der Waals surface area contributed by atoms with Gasteiger partial charge in [0.1, 0.15) is 17.2 Å². The maximum absolute atomic E-state index is 12.7. The second-order valence-corrected chi connectivity index (χ2v) is 7.30. The highest BCUT2D eigenvalue weighted by Gasteiger charge is 2.30. The summed E-state index contributed by atoms with van der Waals surface area (Å²) in [5.41, 5.74) is 2.90. The Morgan fingerprint density at radius 1 is 1.00 bits per heavy atom. The van der Waals surface area contributed by atoms with Gasteiger partial charge in [-0.05, 0) is 48.4 Å². The first-order chi connectivity index (χ1) is 15.5. The number of carbonyl (C=O) groups is 2. The van der Waals surface area contributed by atoms with Crippen molar-refractivity contribution in [1.82, 2.24) is 0 Å². The van der Waals surface area contributed by atoms with Crippen LogP contribution in [0.4, 0.5) is 0 Å². The summed E-state index contributed by atoms with van der Waals surface area (Å²) in [7, 11) is 1.59. The van der Waals surface area contributed by atoms with Gasteiger partial charge in [-0.2, -0.15) is 0 Å². The molecule has 160 valence electrons. The lowest BCUT2D eigenvalue weighted by Gasteiger charge is -2.10. The molecule has 1 heterocycles. The van der Waals surface area contributed by atoms with E-state index in [-0.39, 0.29) is 18.0 Å². The van der Waals surface area contributed by atoms with E-state index < -0.39 is 5.97 Å². The van der Waals surface area contributed by atoms with Crippen LogP contribution < -0.4 is 14.2 Å². The minimum atomic E-state index is -0.399. The largest absolute Gasteiger partial charge is 0.497 e. The number of methoxy groups -OCH3 is 1. The third-order valence-corrected chi connectivity index (χ3v) is 5.10. The van der Waals surface area contributed by atoms with Gasteiger partial charge in [-0.15, -0.1) is 0 Å². The first-order valence-corrected chi connectivity index (χ1v) is 10.2. The van der Waals surface area contributed by atoms with Gasteiger partial charge < -0.3 is 14.2 Å². The molecule has 0 amide bonds. The number of ketones is 1. The van der Waals surface area contributed by atoms with Crippen LogP contribution in [0.3, 0.4) is 0 Å². The van der Waals surface area contributed by atoms with Crippen LogP contribution >= 0.6 is 0 Å². The summed E-state index contributed by atoms with van der Waals surface area (Å²) >= 11 is 0. The molecular weight excluding hydrogens is 404 g/mol. The van der Waals surface area contributed by atoms with Crippen molar-refractivity contribution in [3.05, 3.63) is 107 Å². The fourth-order valence-corrected chi connectivity index (χ4v) is 3.37. The molecule has 0 saturated carbocycles. The fourth-order valence-electron chi connectivity index (χ4n) is 3.37. The van der Waals surface area contributed by atoms with Crippen LogP contribution in [0.25, 0.3) is 6.08 Å². The number of carbonyl (C=O) groups excluding carboxylic acids is 2. The topological polar surface area (TPSA) is 61.8 Å². The summed E-state index contributed by atoms with van der Waals surface area (Å²) in [5, 5.41) is 0. The fraction of sp³-hybridized carbons (Fsp3) is 0.111. The molecule has 0 aliphatic carbocycles. The van der Waals surface area contributed by atoms with Gasteiger partial charge in [-0.3, -0.25) is 9.59 Å². The molecule has 32 heavy (non-hydrogen) atoms. The number of fused-ring (bicyclic) bond motifs is 1. The zero-order valence-corrected chi connectivity index (χ0v) is 17.8. The van der Waals surface area contributed by atoms with E-state index in [9.17, 15) is 9.59 Å². The van der Waals surface area contributed by atoms with Gasteiger partial charge in [0.25, 0.3) is 0 Å². The molecule has 0 unspecified atom stereocenters. The smallest absolute Gasteiger partial charge is 0.315 e. The van der Waals surface area contributed by atoms with Crippen LogP contribution in [-0.4, -0.2) is 18.9 Å². The van der Waals surface area contributed by atoms with Gasteiger partial charge in [0.2, 0.25) is 5.78 Å². The zero-order valence-electron chi connectivity index (χ0n) is 17.8. The Hall–Kier alpha value is -4.12. The molecule has 5 heteroatoms. The molecule has 1 aliphatic heterocycles. The maximum Gasteiger partial charge on any atom is 0.315 e. The molecule has 0 N–H and O–H groups in total. The van der Waals surface area contributed by atoms with E-state index in [4.69, 9.17) is 14.2 Å². The molecule has 0 spiro atoms. The lowest BCUT2D eigenvalue weighted by atomic mass is 10.1. The van der Waals surface area contributed by atoms with E-state index in [1.165, 1.54) is 0 Å². The molecule has 1 aliphatic rings. The third kappa shape index (κ3) is 4.62. The number of esters is 1. The van der Waals surface area contributed by atoms with Crippen LogP contribution in [0.2, 0.25) is 0 Å². The van der Waals surface area contributed by atoms with E-state index in [0.29, 0.717) is 22.6 Å². The Labute approximate surface area is 186 Å². The van der Waals surface area contributed by atoms with Crippen LogP contribution in [0.5, 0.6) is 17.2 Å². The molecule has 0 aromatic heterocycles. The van der Waals surface area contributed by atoms with Crippen molar-refractivity contribution >= 4 is 17.8 Å². The van der Waals surface area contributed by atoms with Gasteiger partial charge in [0, 0.05) is 5.56 Å². The highest BCUT2D eigenvalue weighted by atomic mass is 16.5. The minimum Gasteiger partial charge on any atom is -0.497 e. The average Bonchev–Trinajstić information content (AvgIpc) is 3.13. The Kier molecular flexibility index (Phi) is 6.17. The molecule has 0 atom stereocenters. The Bertz CT molecular complexity index is 1200. The number of allylic oxidation sites excluding steroid dienone is 3. The predicted molar refractivity (Wildman–Crippen MR) is 122 cm³/mol. The normalized spacial score (nSPS) is 13.8. The summed E-state index contributed by atoms with van der Waals surface area (Å²) in [6, 6.07) is 20.3. The van der Waals surface area contributed by atoms with E-state index in [2.05, 4.69) is 0 Å². The minimum absolute atomic E-state index is 0.121. The lowest BCUT2D eigenvalue weighted by molar-refractivity contribution is -0.133. The predicted octanol–water partition coefficient (Wildman–Crippen LogP) is 5.32. The SMILES string of the molecule is COc1ccc(CC(=O)Oc2ccc3c(c2C)O/C(=C\C=C\c2ccccc2)C3=O)cc1. The molecule has 3 aromatic carbocycles. The van der Waals surface area contributed by atoms with E-state index in [0.717, 1.165) is 16.9 Å². The van der Waals surface area contributed by atoms with Gasteiger partial charge in [-0.1, -0.05) is 54.6 Å². The molecule has 0 bridgehead atoms. The highest BCUT2D eigenvalue weighted by molar-refractivity contribution is 6.13. The second-order valence-electron chi connectivity index (χ2n) is 7.30. The standard InChI is InChI=1S/C27H22O5/c1-18-23(31-25(28)17-20-11-13-21(30-2)14-12-20)16-15-22-26(29)24(32-27(18)22)10-6-9-19-7-4-3-5-8-19/h3-16H,17H2,1-2H3/b9-6+,24-10-. The zero-order chi connectivity index (χ0) is 22.5. The average molecular weight is 426 g/mol. The van der Waals surface area contributed by atoms with Crippen molar-refractivity contribution in [3.63, 3.8) is 0 Å². The van der Waals surface area contributed by atoms with Gasteiger partial charge in [0.15, 0.2) is 5.76 Å². The molecule has 0 saturated heterocycles. The first-order valence-electron chi connectivity index (χ1n) is 10.2. The first kappa shape index (κ1) is 21.1. The monoisotopic (exact) mass is 426 g/mol.